The van der Waals surface area contributed by atoms with Crippen LogP contribution in [0.4, 0.5) is 5.82 Å². The molecule has 2 N–H and O–H groups in total. The van der Waals surface area contributed by atoms with Crippen molar-refractivity contribution in [3.05, 3.63) is 11.5 Å². The summed E-state index contributed by atoms with van der Waals surface area (Å²) < 4.78 is 2.20. The second kappa shape index (κ2) is 5.11. The summed E-state index contributed by atoms with van der Waals surface area (Å²) in [5.74, 6) is 2.58. The third-order valence-corrected chi connectivity index (χ3v) is 2.80. The van der Waals surface area contributed by atoms with Crippen LogP contribution in [-0.4, -0.2) is 9.55 Å². The van der Waals surface area contributed by atoms with Crippen LogP contribution in [0.1, 0.15) is 59.5 Å². The zero-order valence-electron chi connectivity index (χ0n) is 12.2. The fraction of sp³-hybridized carbons (Fsp3) is 0.786. The van der Waals surface area contributed by atoms with Gasteiger partial charge in [-0.25, -0.2) is 4.98 Å². The Morgan fingerprint density at radius 1 is 1.29 bits per heavy atom. The van der Waals surface area contributed by atoms with E-state index in [2.05, 4.69) is 46.1 Å². The number of anilines is 1. The molecule has 1 heterocycles. The molecule has 0 aliphatic carbocycles. The Morgan fingerprint density at radius 2 is 1.88 bits per heavy atom. The van der Waals surface area contributed by atoms with Gasteiger partial charge in [-0.3, -0.25) is 0 Å². The van der Waals surface area contributed by atoms with Crippen molar-refractivity contribution in [3.63, 3.8) is 0 Å². The van der Waals surface area contributed by atoms with Crippen LogP contribution in [0.15, 0.2) is 0 Å². The van der Waals surface area contributed by atoms with Gasteiger partial charge >= 0.3 is 0 Å². The number of rotatable bonds is 4. The monoisotopic (exact) mass is 237 g/mol. The Balaban J connectivity index is 3.20. The van der Waals surface area contributed by atoms with E-state index in [1.54, 1.807) is 0 Å². The first-order valence-corrected chi connectivity index (χ1v) is 6.63. The molecule has 3 heteroatoms. The number of imidazole rings is 1. The van der Waals surface area contributed by atoms with Crippen molar-refractivity contribution in [3.8, 4) is 0 Å². The van der Waals surface area contributed by atoms with Crippen LogP contribution in [0, 0.1) is 5.92 Å². The highest BCUT2D eigenvalue weighted by Gasteiger charge is 2.23. The summed E-state index contributed by atoms with van der Waals surface area (Å²) in [6, 6.07) is 0. The number of hydrogen-bond donors (Lipinski definition) is 1. The lowest BCUT2D eigenvalue weighted by Crippen LogP contribution is -2.25. The minimum Gasteiger partial charge on any atom is -0.384 e. The van der Waals surface area contributed by atoms with Gasteiger partial charge in [0.1, 0.15) is 11.6 Å². The maximum Gasteiger partial charge on any atom is 0.127 e. The van der Waals surface area contributed by atoms with Gasteiger partial charge in [-0.05, 0) is 39.5 Å². The van der Waals surface area contributed by atoms with E-state index in [1.807, 2.05) is 0 Å². The lowest BCUT2D eigenvalue weighted by molar-refractivity contribution is 0.387. The molecule has 0 radical (unpaired) electrons. The van der Waals surface area contributed by atoms with Crippen LogP contribution >= 0.6 is 0 Å². The molecule has 0 saturated carbocycles. The standard InChI is InChI=1S/C14H27N3/c1-7-8-12-16-11(9-10(2)3)13(15)17(12)14(4,5)6/h10H,7-9,15H2,1-6H3. The van der Waals surface area contributed by atoms with E-state index >= 15 is 0 Å². The molecule has 98 valence electrons. The zero-order valence-corrected chi connectivity index (χ0v) is 12.2. The number of hydrogen-bond acceptors (Lipinski definition) is 2. The quantitative estimate of drug-likeness (QED) is 0.872. The van der Waals surface area contributed by atoms with Crippen LogP contribution in [-0.2, 0) is 18.4 Å². The largest absolute Gasteiger partial charge is 0.384 e. The summed E-state index contributed by atoms with van der Waals surface area (Å²) in [6.07, 6.45) is 3.07. The van der Waals surface area contributed by atoms with Gasteiger partial charge in [0.2, 0.25) is 0 Å². The van der Waals surface area contributed by atoms with E-state index in [4.69, 9.17) is 10.7 Å². The SMILES string of the molecule is CCCc1nc(CC(C)C)c(N)n1C(C)(C)C. The molecule has 1 rings (SSSR count). The van der Waals surface area contributed by atoms with Gasteiger partial charge in [-0.2, -0.15) is 0 Å². The summed E-state index contributed by atoms with van der Waals surface area (Å²) >= 11 is 0. The molecule has 17 heavy (non-hydrogen) atoms. The summed E-state index contributed by atoms with van der Waals surface area (Å²) in [5, 5.41) is 0. The molecule has 0 saturated heterocycles. The van der Waals surface area contributed by atoms with Crippen LogP contribution in [0.25, 0.3) is 0 Å². The van der Waals surface area contributed by atoms with Crippen molar-refractivity contribution < 1.29 is 0 Å². The van der Waals surface area contributed by atoms with Crippen molar-refractivity contribution in [2.45, 2.75) is 66.3 Å². The van der Waals surface area contributed by atoms with Gasteiger partial charge in [0, 0.05) is 12.0 Å². The van der Waals surface area contributed by atoms with Crippen molar-refractivity contribution >= 4 is 5.82 Å². The maximum absolute atomic E-state index is 6.27. The lowest BCUT2D eigenvalue weighted by Gasteiger charge is -2.25. The first-order valence-electron chi connectivity index (χ1n) is 6.63. The van der Waals surface area contributed by atoms with E-state index < -0.39 is 0 Å². The molecule has 0 fully saturated rings. The van der Waals surface area contributed by atoms with E-state index in [0.29, 0.717) is 5.92 Å². The third kappa shape index (κ3) is 3.24. The second-order valence-electron chi connectivity index (χ2n) is 6.21. The molecule has 1 aromatic rings. The topological polar surface area (TPSA) is 43.8 Å². The molecule has 0 spiro atoms. The Morgan fingerprint density at radius 3 is 2.29 bits per heavy atom. The van der Waals surface area contributed by atoms with Crippen molar-refractivity contribution in [1.29, 1.82) is 0 Å². The predicted octanol–water partition coefficient (Wildman–Crippen LogP) is 3.37. The zero-order chi connectivity index (χ0) is 13.2. The average Bonchev–Trinajstić information content (AvgIpc) is 2.41. The van der Waals surface area contributed by atoms with E-state index in [0.717, 1.165) is 36.6 Å². The Hall–Kier alpha value is -0.990. The highest BCUT2D eigenvalue weighted by atomic mass is 15.2. The Bertz CT molecular complexity index is 370. The fourth-order valence-electron chi connectivity index (χ4n) is 2.21. The first-order chi connectivity index (χ1) is 7.77. The molecule has 1 aromatic heterocycles. The number of aryl methyl sites for hydroxylation is 1. The summed E-state index contributed by atoms with van der Waals surface area (Å²) in [5.41, 5.74) is 7.35. The lowest BCUT2D eigenvalue weighted by atomic mass is 10.1. The van der Waals surface area contributed by atoms with Gasteiger partial charge in [0.05, 0.1) is 5.69 Å². The maximum atomic E-state index is 6.27. The van der Waals surface area contributed by atoms with E-state index in [-0.39, 0.29) is 5.54 Å². The van der Waals surface area contributed by atoms with Crippen LogP contribution in [0.3, 0.4) is 0 Å². The van der Waals surface area contributed by atoms with Gasteiger partial charge in [-0.15, -0.1) is 0 Å². The fourth-order valence-corrected chi connectivity index (χ4v) is 2.21. The molecule has 0 aliphatic heterocycles. The summed E-state index contributed by atoms with van der Waals surface area (Å²) in [4.78, 5) is 4.74. The molecular formula is C14H27N3. The highest BCUT2D eigenvalue weighted by Crippen LogP contribution is 2.26. The van der Waals surface area contributed by atoms with Crippen LogP contribution < -0.4 is 5.73 Å². The number of nitrogen functional groups attached to an aromatic ring is 1. The molecule has 0 atom stereocenters. The van der Waals surface area contributed by atoms with E-state index in [9.17, 15) is 0 Å². The minimum absolute atomic E-state index is 0.0107. The average molecular weight is 237 g/mol. The van der Waals surface area contributed by atoms with Crippen molar-refractivity contribution in [2.75, 3.05) is 5.73 Å². The van der Waals surface area contributed by atoms with Gasteiger partial charge in [0.15, 0.2) is 0 Å². The molecule has 0 amide bonds. The molecular weight excluding hydrogens is 210 g/mol. The normalized spacial score (nSPS) is 12.4. The van der Waals surface area contributed by atoms with Crippen LogP contribution in [0.5, 0.6) is 0 Å². The number of nitrogens with two attached hydrogens (primary N) is 1. The molecule has 0 aromatic carbocycles. The van der Waals surface area contributed by atoms with Gasteiger partial charge in [-0.1, -0.05) is 20.8 Å². The van der Waals surface area contributed by atoms with Crippen molar-refractivity contribution in [1.82, 2.24) is 9.55 Å². The first kappa shape index (κ1) is 14.1. The molecule has 0 aliphatic rings. The summed E-state index contributed by atoms with van der Waals surface area (Å²) in [7, 11) is 0. The van der Waals surface area contributed by atoms with Gasteiger partial charge < -0.3 is 10.3 Å². The van der Waals surface area contributed by atoms with E-state index in [1.165, 1.54) is 0 Å². The minimum atomic E-state index is 0.0107. The third-order valence-electron chi connectivity index (χ3n) is 2.80. The Kier molecular flexibility index (Phi) is 4.23. The molecule has 0 bridgehead atoms. The molecule has 0 unspecified atom stereocenters. The van der Waals surface area contributed by atoms with Gasteiger partial charge in [0.25, 0.3) is 0 Å². The van der Waals surface area contributed by atoms with Crippen molar-refractivity contribution in [2.24, 2.45) is 5.92 Å². The number of aromatic nitrogens is 2. The predicted molar refractivity (Wildman–Crippen MR) is 74.2 cm³/mol. The highest BCUT2D eigenvalue weighted by molar-refractivity contribution is 5.40. The number of nitrogens with zero attached hydrogens (tertiary/aromatic N) is 2. The second-order valence-corrected chi connectivity index (χ2v) is 6.21. The van der Waals surface area contributed by atoms with Crippen LogP contribution in [0.2, 0.25) is 0 Å². The smallest absolute Gasteiger partial charge is 0.127 e. The molecule has 3 nitrogen and oxygen atoms in total. The summed E-state index contributed by atoms with van der Waals surface area (Å²) in [6.45, 7) is 13.1. The Labute approximate surface area is 105 Å².